The topological polar surface area (TPSA) is 61.5 Å². The Morgan fingerprint density at radius 2 is 1.94 bits per heavy atom. The molecule has 0 saturated heterocycles. The second-order valence-corrected chi connectivity index (χ2v) is 3.97. The van der Waals surface area contributed by atoms with E-state index in [0.29, 0.717) is 26.2 Å². The first-order valence-corrected chi connectivity index (χ1v) is 6.33. The number of carbonyl (C=O) groups excluding carboxylic acids is 1. The fraction of sp³-hybridized carbons (Fsp3) is 0.500. The highest BCUT2D eigenvalue weighted by Crippen LogP contribution is 2.13. The third-order valence-corrected chi connectivity index (χ3v) is 2.44. The van der Waals surface area contributed by atoms with Crippen molar-refractivity contribution in [2.24, 2.45) is 5.73 Å². The predicted molar refractivity (Wildman–Crippen MR) is 70.6 cm³/mol. The van der Waals surface area contributed by atoms with Crippen LogP contribution < -0.4 is 10.5 Å². The van der Waals surface area contributed by atoms with Crippen LogP contribution in [0.25, 0.3) is 0 Å². The number of hydrogen-bond donors (Lipinski definition) is 1. The normalized spacial score (nSPS) is 10.1. The zero-order valence-corrected chi connectivity index (χ0v) is 10.9. The van der Waals surface area contributed by atoms with Crippen LogP contribution in [0.3, 0.4) is 0 Å². The Morgan fingerprint density at radius 3 is 2.56 bits per heavy atom. The Hall–Kier alpha value is -1.55. The Kier molecular flexibility index (Phi) is 6.87. The molecule has 0 bridgehead atoms. The van der Waals surface area contributed by atoms with Gasteiger partial charge < -0.3 is 15.2 Å². The number of unbranched alkanes of at least 4 members (excludes halogenated alkanes) is 1. The highest BCUT2D eigenvalue weighted by molar-refractivity contribution is 5.72. The minimum Gasteiger partial charge on any atom is -0.494 e. The van der Waals surface area contributed by atoms with Crippen molar-refractivity contribution in [3.8, 4) is 5.75 Å². The average molecular weight is 251 g/mol. The van der Waals surface area contributed by atoms with Crippen molar-refractivity contribution in [2.45, 2.75) is 26.2 Å². The molecule has 0 aliphatic carbocycles. The molecule has 100 valence electrons. The Morgan fingerprint density at radius 1 is 1.22 bits per heavy atom. The summed E-state index contributed by atoms with van der Waals surface area (Å²) in [4.78, 5) is 11.3. The SMILES string of the molecule is CCOC(=O)Cc1ccc(OCCCCN)cc1. The molecule has 0 aliphatic rings. The molecule has 0 saturated carbocycles. The number of ether oxygens (including phenoxy) is 2. The van der Waals surface area contributed by atoms with E-state index >= 15 is 0 Å². The van der Waals surface area contributed by atoms with Crippen molar-refractivity contribution in [3.05, 3.63) is 29.8 Å². The molecule has 1 aromatic carbocycles. The molecule has 0 aromatic heterocycles. The molecule has 4 nitrogen and oxygen atoms in total. The van der Waals surface area contributed by atoms with Gasteiger partial charge in [0.1, 0.15) is 5.75 Å². The lowest BCUT2D eigenvalue weighted by Crippen LogP contribution is -2.07. The van der Waals surface area contributed by atoms with Crippen LogP contribution in [-0.4, -0.2) is 25.7 Å². The molecule has 1 rings (SSSR count). The molecular weight excluding hydrogens is 230 g/mol. The molecule has 18 heavy (non-hydrogen) atoms. The first-order valence-electron chi connectivity index (χ1n) is 6.33. The molecule has 0 fully saturated rings. The number of benzene rings is 1. The molecule has 0 spiro atoms. The van der Waals surface area contributed by atoms with E-state index in [-0.39, 0.29) is 5.97 Å². The fourth-order valence-electron chi connectivity index (χ4n) is 1.52. The maximum absolute atomic E-state index is 11.3. The average Bonchev–Trinajstić information content (AvgIpc) is 2.37. The van der Waals surface area contributed by atoms with Crippen LogP contribution in [0.1, 0.15) is 25.3 Å². The van der Waals surface area contributed by atoms with E-state index < -0.39 is 0 Å². The fourth-order valence-corrected chi connectivity index (χ4v) is 1.52. The Balaban J connectivity index is 2.35. The van der Waals surface area contributed by atoms with E-state index in [1.54, 1.807) is 6.92 Å². The lowest BCUT2D eigenvalue weighted by molar-refractivity contribution is -0.142. The van der Waals surface area contributed by atoms with Crippen molar-refractivity contribution >= 4 is 5.97 Å². The molecule has 0 radical (unpaired) electrons. The van der Waals surface area contributed by atoms with Gasteiger partial charge >= 0.3 is 5.97 Å². The summed E-state index contributed by atoms with van der Waals surface area (Å²) < 4.78 is 10.4. The van der Waals surface area contributed by atoms with Crippen molar-refractivity contribution in [2.75, 3.05) is 19.8 Å². The van der Waals surface area contributed by atoms with Gasteiger partial charge in [-0.3, -0.25) is 4.79 Å². The summed E-state index contributed by atoms with van der Waals surface area (Å²) in [7, 11) is 0. The Labute approximate surface area is 108 Å². The van der Waals surface area contributed by atoms with Crippen LogP contribution >= 0.6 is 0 Å². The van der Waals surface area contributed by atoms with E-state index in [1.807, 2.05) is 24.3 Å². The number of hydrogen-bond acceptors (Lipinski definition) is 4. The number of carbonyl (C=O) groups is 1. The van der Waals surface area contributed by atoms with Gasteiger partial charge in [-0.25, -0.2) is 0 Å². The van der Waals surface area contributed by atoms with Gasteiger partial charge in [-0.2, -0.15) is 0 Å². The molecule has 2 N–H and O–H groups in total. The third-order valence-electron chi connectivity index (χ3n) is 2.44. The minimum atomic E-state index is -0.200. The largest absolute Gasteiger partial charge is 0.494 e. The van der Waals surface area contributed by atoms with Crippen LogP contribution in [0, 0.1) is 0 Å². The summed E-state index contributed by atoms with van der Waals surface area (Å²) in [5, 5.41) is 0. The van der Waals surface area contributed by atoms with Crippen molar-refractivity contribution in [3.63, 3.8) is 0 Å². The van der Waals surface area contributed by atoms with Gasteiger partial charge in [-0.05, 0) is 44.0 Å². The molecule has 0 aliphatic heterocycles. The van der Waals surface area contributed by atoms with Gasteiger partial charge in [0.2, 0.25) is 0 Å². The molecule has 4 heteroatoms. The highest BCUT2D eigenvalue weighted by atomic mass is 16.5. The lowest BCUT2D eigenvalue weighted by atomic mass is 10.1. The highest BCUT2D eigenvalue weighted by Gasteiger charge is 2.03. The summed E-state index contributed by atoms with van der Waals surface area (Å²) in [6.45, 7) is 3.59. The Bertz CT molecular complexity index is 349. The summed E-state index contributed by atoms with van der Waals surface area (Å²) in [6.07, 6.45) is 2.24. The molecule has 0 amide bonds. The molecule has 0 atom stereocenters. The van der Waals surface area contributed by atoms with Crippen molar-refractivity contribution in [1.82, 2.24) is 0 Å². The summed E-state index contributed by atoms with van der Waals surface area (Å²) in [6, 6.07) is 7.51. The standard InChI is InChI=1S/C14H21NO3/c1-2-17-14(16)11-12-5-7-13(8-6-12)18-10-4-3-9-15/h5-8H,2-4,9-11,15H2,1H3. The summed E-state index contributed by atoms with van der Waals surface area (Å²) in [5.74, 6) is 0.619. The van der Waals surface area contributed by atoms with Crippen molar-refractivity contribution < 1.29 is 14.3 Å². The van der Waals surface area contributed by atoms with E-state index in [9.17, 15) is 4.79 Å². The second-order valence-electron chi connectivity index (χ2n) is 3.97. The van der Waals surface area contributed by atoms with Crippen LogP contribution in [0.4, 0.5) is 0 Å². The zero-order valence-electron chi connectivity index (χ0n) is 10.9. The molecule has 0 unspecified atom stereocenters. The quantitative estimate of drug-likeness (QED) is 0.566. The minimum absolute atomic E-state index is 0.200. The van der Waals surface area contributed by atoms with Crippen LogP contribution in [0.2, 0.25) is 0 Å². The van der Waals surface area contributed by atoms with Gasteiger partial charge in [-0.1, -0.05) is 12.1 Å². The molecule has 0 heterocycles. The monoisotopic (exact) mass is 251 g/mol. The first kappa shape index (κ1) is 14.5. The van der Waals surface area contributed by atoms with E-state index in [2.05, 4.69) is 0 Å². The molecular formula is C14H21NO3. The van der Waals surface area contributed by atoms with Crippen LogP contribution in [0.5, 0.6) is 5.75 Å². The second kappa shape index (κ2) is 8.53. The van der Waals surface area contributed by atoms with Crippen molar-refractivity contribution in [1.29, 1.82) is 0 Å². The number of esters is 1. The van der Waals surface area contributed by atoms with Crippen LogP contribution in [-0.2, 0) is 16.0 Å². The van der Waals surface area contributed by atoms with Gasteiger partial charge in [0.05, 0.1) is 19.6 Å². The summed E-state index contributed by atoms with van der Waals surface area (Å²) in [5.41, 5.74) is 6.33. The number of rotatable bonds is 8. The lowest BCUT2D eigenvalue weighted by Gasteiger charge is -2.06. The van der Waals surface area contributed by atoms with Gasteiger partial charge in [0, 0.05) is 0 Å². The maximum Gasteiger partial charge on any atom is 0.310 e. The molecule has 1 aromatic rings. The predicted octanol–water partition coefficient (Wildman–Crippen LogP) is 1.91. The maximum atomic E-state index is 11.3. The van der Waals surface area contributed by atoms with E-state index in [0.717, 1.165) is 24.2 Å². The van der Waals surface area contributed by atoms with Crippen LogP contribution in [0.15, 0.2) is 24.3 Å². The zero-order chi connectivity index (χ0) is 13.2. The smallest absolute Gasteiger partial charge is 0.310 e. The van der Waals surface area contributed by atoms with Gasteiger partial charge in [0.25, 0.3) is 0 Å². The summed E-state index contributed by atoms with van der Waals surface area (Å²) >= 11 is 0. The van der Waals surface area contributed by atoms with Gasteiger partial charge in [-0.15, -0.1) is 0 Å². The van der Waals surface area contributed by atoms with Gasteiger partial charge in [0.15, 0.2) is 0 Å². The third kappa shape index (κ3) is 5.68. The van der Waals surface area contributed by atoms with E-state index in [1.165, 1.54) is 0 Å². The first-order chi connectivity index (χ1) is 8.76. The number of nitrogens with two attached hydrogens (primary N) is 1. The van der Waals surface area contributed by atoms with E-state index in [4.69, 9.17) is 15.2 Å².